The molecule has 0 spiro atoms. The maximum absolute atomic E-state index is 11.7. The highest BCUT2D eigenvalue weighted by Gasteiger charge is 2.19. The van der Waals surface area contributed by atoms with Crippen LogP contribution in [0.2, 0.25) is 0 Å². The first-order chi connectivity index (χ1) is 9.77. The lowest BCUT2D eigenvalue weighted by Crippen LogP contribution is -2.49. The molecule has 9 heteroatoms. The van der Waals surface area contributed by atoms with E-state index in [4.69, 9.17) is 10.8 Å². The summed E-state index contributed by atoms with van der Waals surface area (Å²) in [5.41, 5.74) is 5.19. The minimum Gasteiger partial charge on any atom is -0.480 e. The van der Waals surface area contributed by atoms with Crippen molar-refractivity contribution in [2.24, 2.45) is 11.7 Å². The number of hydrogen-bond donors (Lipinski definition) is 4. The molecule has 0 saturated carbocycles. The van der Waals surface area contributed by atoms with E-state index in [1.807, 2.05) is 0 Å². The lowest BCUT2D eigenvalue weighted by Gasteiger charge is -2.14. The number of nitrogens with one attached hydrogen (secondary N) is 2. The number of Topliss-reactive ketones (excluding diaryl/α,β-unsaturated/α-hetero) is 1. The van der Waals surface area contributed by atoms with Gasteiger partial charge in [0.05, 0.1) is 12.3 Å². The van der Waals surface area contributed by atoms with Crippen molar-refractivity contribution >= 4 is 35.3 Å². The third-order valence-corrected chi connectivity index (χ3v) is 3.76. The van der Waals surface area contributed by atoms with E-state index in [0.29, 0.717) is 11.5 Å². The molecule has 2 amide bonds. The summed E-state index contributed by atoms with van der Waals surface area (Å²) in [5.74, 6) is -1.69. The third-order valence-electron chi connectivity index (χ3n) is 2.41. The van der Waals surface area contributed by atoms with Gasteiger partial charge < -0.3 is 21.5 Å². The molecule has 0 aromatic rings. The van der Waals surface area contributed by atoms with Gasteiger partial charge in [-0.05, 0) is 6.92 Å². The number of ketones is 1. The van der Waals surface area contributed by atoms with Gasteiger partial charge in [-0.15, -0.1) is 0 Å². The number of hydrogen-bond acceptors (Lipinski definition) is 6. The van der Waals surface area contributed by atoms with Crippen LogP contribution in [0.25, 0.3) is 0 Å². The summed E-state index contributed by atoms with van der Waals surface area (Å²) in [6, 6.07) is -1.17. The van der Waals surface area contributed by atoms with Crippen LogP contribution in [0, 0.1) is 5.92 Å². The maximum Gasteiger partial charge on any atom is 0.327 e. The van der Waals surface area contributed by atoms with Crippen LogP contribution in [0.4, 0.5) is 0 Å². The molecule has 2 atom stereocenters. The smallest absolute Gasteiger partial charge is 0.327 e. The lowest BCUT2D eigenvalue weighted by atomic mass is 10.2. The van der Waals surface area contributed by atoms with Crippen LogP contribution in [-0.2, 0) is 19.2 Å². The number of nitrogens with two attached hydrogens (primary N) is 1. The Labute approximate surface area is 127 Å². The molecule has 8 nitrogen and oxygen atoms in total. The van der Waals surface area contributed by atoms with Crippen LogP contribution in [0.1, 0.15) is 13.8 Å². The van der Waals surface area contributed by atoms with E-state index < -0.39 is 17.9 Å². The first-order valence-electron chi connectivity index (χ1n) is 6.35. The summed E-state index contributed by atoms with van der Waals surface area (Å²) in [5, 5.41) is 13.3. The summed E-state index contributed by atoms with van der Waals surface area (Å²) >= 11 is 1.35. The van der Waals surface area contributed by atoms with Crippen molar-refractivity contribution in [1.82, 2.24) is 10.6 Å². The molecule has 0 aromatic carbocycles. The van der Waals surface area contributed by atoms with Gasteiger partial charge in [0, 0.05) is 18.2 Å². The normalized spacial score (nSPS) is 13.1. The van der Waals surface area contributed by atoms with E-state index in [-0.39, 0.29) is 30.7 Å². The largest absolute Gasteiger partial charge is 0.480 e. The summed E-state index contributed by atoms with van der Waals surface area (Å²) in [6.07, 6.45) is 0. The minimum absolute atomic E-state index is 0.0356. The molecule has 0 heterocycles. The molecular formula is C12H21N3O5S. The van der Waals surface area contributed by atoms with Crippen LogP contribution >= 0.6 is 11.8 Å². The monoisotopic (exact) mass is 319 g/mol. The zero-order valence-electron chi connectivity index (χ0n) is 12.0. The topological polar surface area (TPSA) is 139 Å². The van der Waals surface area contributed by atoms with Gasteiger partial charge in [-0.25, -0.2) is 4.79 Å². The second kappa shape index (κ2) is 10.2. The number of rotatable bonds is 10. The van der Waals surface area contributed by atoms with Crippen molar-refractivity contribution in [3.63, 3.8) is 0 Å². The molecule has 0 saturated heterocycles. The fourth-order valence-corrected chi connectivity index (χ4v) is 2.17. The zero-order valence-corrected chi connectivity index (χ0v) is 12.9. The van der Waals surface area contributed by atoms with Crippen LogP contribution in [0.15, 0.2) is 0 Å². The van der Waals surface area contributed by atoms with Crippen molar-refractivity contribution in [2.45, 2.75) is 19.9 Å². The van der Waals surface area contributed by atoms with E-state index in [1.54, 1.807) is 6.92 Å². The average molecular weight is 319 g/mol. The Kier molecular flexibility index (Phi) is 9.39. The molecular weight excluding hydrogens is 298 g/mol. The van der Waals surface area contributed by atoms with Gasteiger partial charge in [-0.1, -0.05) is 6.92 Å². The maximum atomic E-state index is 11.7. The molecule has 0 bridgehead atoms. The molecule has 5 N–H and O–H groups in total. The SMILES string of the molecule is CC(=O)CSC[C@H](C)C(=O)NCC(=O)N[C@@H](CN)C(=O)O. The van der Waals surface area contributed by atoms with E-state index in [2.05, 4.69) is 10.6 Å². The highest BCUT2D eigenvalue weighted by Crippen LogP contribution is 2.08. The molecule has 0 radical (unpaired) electrons. The van der Waals surface area contributed by atoms with Crippen LogP contribution in [0.3, 0.4) is 0 Å². The van der Waals surface area contributed by atoms with Crippen molar-refractivity contribution in [2.75, 3.05) is 24.6 Å². The fraction of sp³-hybridized carbons (Fsp3) is 0.667. The quantitative estimate of drug-likeness (QED) is 0.388. The van der Waals surface area contributed by atoms with Crippen molar-refractivity contribution < 1.29 is 24.3 Å². The van der Waals surface area contributed by atoms with Gasteiger partial charge >= 0.3 is 5.97 Å². The number of aliphatic carboxylic acids is 1. The van der Waals surface area contributed by atoms with E-state index in [9.17, 15) is 19.2 Å². The predicted molar refractivity (Wildman–Crippen MR) is 78.8 cm³/mol. The van der Waals surface area contributed by atoms with E-state index in [1.165, 1.54) is 18.7 Å². The third kappa shape index (κ3) is 9.03. The second-order valence-electron chi connectivity index (χ2n) is 4.53. The Morgan fingerprint density at radius 3 is 2.38 bits per heavy atom. The Morgan fingerprint density at radius 2 is 1.90 bits per heavy atom. The summed E-state index contributed by atoms with van der Waals surface area (Å²) in [4.78, 5) is 44.6. The second-order valence-corrected chi connectivity index (χ2v) is 5.56. The van der Waals surface area contributed by atoms with Gasteiger partial charge in [0.2, 0.25) is 11.8 Å². The van der Waals surface area contributed by atoms with Crippen LogP contribution < -0.4 is 16.4 Å². The zero-order chi connectivity index (χ0) is 16.4. The van der Waals surface area contributed by atoms with Gasteiger partial charge in [-0.2, -0.15) is 11.8 Å². The Balaban J connectivity index is 4.03. The Morgan fingerprint density at radius 1 is 1.29 bits per heavy atom. The highest BCUT2D eigenvalue weighted by atomic mass is 32.2. The van der Waals surface area contributed by atoms with Crippen molar-refractivity contribution in [3.8, 4) is 0 Å². The van der Waals surface area contributed by atoms with Gasteiger partial charge in [-0.3, -0.25) is 14.4 Å². The molecule has 0 aliphatic carbocycles. The molecule has 120 valence electrons. The molecule has 0 aliphatic rings. The van der Waals surface area contributed by atoms with Gasteiger partial charge in [0.15, 0.2) is 0 Å². The first kappa shape index (κ1) is 19.4. The average Bonchev–Trinajstić information content (AvgIpc) is 2.41. The standard InChI is InChI=1S/C12H21N3O5S/c1-7(5-21-6-8(2)16)11(18)14-4-10(17)15-9(3-13)12(19)20/h7,9H,3-6,13H2,1-2H3,(H,14,18)(H,15,17)(H,19,20)/t7-,9-/m0/s1. The number of carbonyl (C=O) groups is 4. The number of amides is 2. The van der Waals surface area contributed by atoms with Crippen molar-refractivity contribution in [1.29, 1.82) is 0 Å². The number of thioether (sulfide) groups is 1. The Bertz CT molecular complexity index is 402. The van der Waals surface area contributed by atoms with E-state index in [0.717, 1.165) is 0 Å². The molecule has 0 fully saturated rings. The molecule has 0 aliphatic heterocycles. The molecule has 0 unspecified atom stereocenters. The number of carboxylic acids is 1. The van der Waals surface area contributed by atoms with Crippen LogP contribution in [0.5, 0.6) is 0 Å². The lowest BCUT2D eigenvalue weighted by molar-refractivity contribution is -0.141. The van der Waals surface area contributed by atoms with Gasteiger partial charge in [0.25, 0.3) is 0 Å². The molecule has 0 aromatic heterocycles. The van der Waals surface area contributed by atoms with Gasteiger partial charge in [0.1, 0.15) is 11.8 Å². The minimum atomic E-state index is -1.23. The summed E-state index contributed by atoms with van der Waals surface area (Å²) in [6.45, 7) is 2.61. The predicted octanol–water partition coefficient (Wildman–Crippen LogP) is -1.41. The van der Waals surface area contributed by atoms with E-state index >= 15 is 0 Å². The highest BCUT2D eigenvalue weighted by molar-refractivity contribution is 7.99. The summed E-state index contributed by atoms with van der Waals surface area (Å²) in [7, 11) is 0. The summed E-state index contributed by atoms with van der Waals surface area (Å²) < 4.78 is 0. The van der Waals surface area contributed by atoms with Crippen molar-refractivity contribution in [3.05, 3.63) is 0 Å². The molecule has 0 rings (SSSR count). The first-order valence-corrected chi connectivity index (χ1v) is 7.50. The fourth-order valence-electron chi connectivity index (χ4n) is 1.26. The number of carbonyl (C=O) groups excluding carboxylic acids is 3. The molecule has 21 heavy (non-hydrogen) atoms. The number of carboxylic acid groups (broad SMARTS) is 1. The Hall–Kier alpha value is -1.61. The van der Waals surface area contributed by atoms with Crippen LogP contribution in [-0.4, -0.2) is 59.3 Å².